The second-order valence-electron chi connectivity index (χ2n) is 7.00. The Hall–Kier alpha value is -2.54. The van der Waals surface area contributed by atoms with Crippen LogP contribution >= 0.6 is 0 Å². The van der Waals surface area contributed by atoms with Crippen molar-refractivity contribution in [2.24, 2.45) is 5.41 Å². The molecule has 136 valence electrons. The maximum atomic E-state index is 12.8. The fourth-order valence-electron chi connectivity index (χ4n) is 3.80. The van der Waals surface area contributed by atoms with E-state index in [4.69, 9.17) is 9.47 Å². The van der Waals surface area contributed by atoms with Gasteiger partial charge < -0.3 is 14.4 Å². The van der Waals surface area contributed by atoms with E-state index in [0.29, 0.717) is 37.9 Å². The molecule has 2 saturated heterocycles. The van der Waals surface area contributed by atoms with Gasteiger partial charge in [0.25, 0.3) is 5.91 Å². The lowest BCUT2D eigenvalue weighted by Gasteiger charge is -2.43. The lowest BCUT2D eigenvalue weighted by molar-refractivity contribution is -0.0339. The maximum Gasteiger partial charge on any atom is 0.316 e. The van der Waals surface area contributed by atoms with Gasteiger partial charge in [0.15, 0.2) is 0 Å². The van der Waals surface area contributed by atoms with Gasteiger partial charge in [-0.1, -0.05) is 0 Å². The van der Waals surface area contributed by atoms with E-state index < -0.39 is 0 Å². The van der Waals surface area contributed by atoms with Crippen LogP contribution in [0.2, 0.25) is 0 Å². The fourth-order valence-corrected chi connectivity index (χ4v) is 3.80. The average Bonchev–Trinajstić information content (AvgIpc) is 3.10. The number of hydrogen-bond donors (Lipinski definition) is 0. The van der Waals surface area contributed by atoms with Crippen molar-refractivity contribution in [3.63, 3.8) is 0 Å². The normalized spacial score (nSPS) is 25.0. The molecule has 2 atom stereocenters. The van der Waals surface area contributed by atoms with Crippen molar-refractivity contribution in [3.8, 4) is 6.01 Å². The summed E-state index contributed by atoms with van der Waals surface area (Å²) in [5, 5.41) is 0. The lowest BCUT2D eigenvalue weighted by atomic mass is 9.77. The summed E-state index contributed by atoms with van der Waals surface area (Å²) < 4.78 is 11.8. The van der Waals surface area contributed by atoms with Crippen LogP contribution < -0.4 is 4.74 Å². The Bertz CT molecular complexity index is 785. The van der Waals surface area contributed by atoms with E-state index in [1.807, 2.05) is 17.9 Å². The molecule has 0 unspecified atom stereocenters. The summed E-state index contributed by atoms with van der Waals surface area (Å²) in [7, 11) is 0. The monoisotopic (exact) mass is 354 g/mol. The summed E-state index contributed by atoms with van der Waals surface area (Å²) >= 11 is 0. The van der Waals surface area contributed by atoms with Crippen molar-refractivity contribution in [2.75, 3.05) is 26.3 Å². The zero-order valence-corrected chi connectivity index (χ0v) is 14.8. The zero-order valence-electron chi connectivity index (χ0n) is 14.8. The van der Waals surface area contributed by atoms with Gasteiger partial charge in [0.2, 0.25) is 0 Å². The average molecular weight is 354 g/mol. The number of carbonyl (C=O) groups excluding carboxylic acids is 1. The molecule has 26 heavy (non-hydrogen) atoms. The number of hydrogen-bond acceptors (Lipinski definition) is 6. The molecule has 4 rings (SSSR count). The van der Waals surface area contributed by atoms with Crippen molar-refractivity contribution in [3.05, 3.63) is 48.0 Å². The van der Waals surface area contributed by atoms with Gasteiger partial charge in [0.1, 0.15) is 6.61 Å². The van der Waals surface area contributed by atoms with E-state index in [-0.39, 0.29) is 17.4 Å². The molecule has 4 heterocycles. The van der Waals surface area contributed by atoms with Crippen LogP contribution in [0, 0.1) is 12.3 Å². The molecule has 0 N–H and O–H groups in total. The molecule has 7 heteroatoms. The number of nitrogens with zero attached hydrogens (tertiary/aromatic N) is 4. The smallest absolute Gasteiger partial charge is 0.316 e. The Labute approximate surface area is 152 Å². The fraction of sp³-hybridized carbons (Fsp3) is 0.474. The summed E-state index contributed by atoms with van der Waals surface area (Å²) in [4.78, 5) is 27.3. The molecule has 0 saturated carbocycles. The van der Waals surface area contributed by atoms with Crippen LogP contribution in [-0.2, 0) is 4.74 Å². The van der Waals surface area contributed by atoms with Gasteiger partial charge >= 0.3 is 6.01 Å². The molecule has 0 radical (unpaired) electrons. The summed E-state index contributed by atoms with van der Waals surface area (Å²) in [6.45, 7) is 4.33. The first kappa shape index (κ1) is 16.9. The van der Waals surface area contributed by atoms with Crippen molar-refractivity contribution >= 4 is 5.91 Å². The van der Waals surface area contributed by atoms with Gasteiger partial charge in [-0.05, 0) is 38.0 Å². The molecular formula is C19H22N4O3. The molecule has 1 amide bonds. The number of amides is 1. The maximum absolute atomic E-state index is 12.8. The Morgan fingerprint density at radius 2 is 2.35 bits per heavy atom. The Balaban J connectivity index is 1.50. The standard InChI is InChI=1S/C19H22N4O3/c1-14-4-8-21-18(22-14)26-13-19-6-10-25-16(19)5-9-23(12-19)17(24)15-3-2-7-20-11-15/h2-4,7-8,11,16H,5-6,9-10,12-13H2,1H3/t16-,19+/m1/s1. The van der Waals surface area contributed by atoms with Crippen molar-refractivity contribution in [2.45, 2.75) is 25.9 Å². The number of aromatic nitrogens is 3. The summed E-state index contributed by atoms with van der Waals surface area (Å²) in [6, 6.07) is 5.80. The molecule has 0 bridgehead atoms. The summed E-state index contributed by atoms with van der Waals surface area (Å²) in [5.74, 6) is 0.00892. The first-order chi connectivity index (χ1) is 12.7. The molecule has 2 aromatic rings. The highest BCUT2D eigenvalue weighted by atomic mass is 16.5. The predicted octanol–water partition coefficient (Wildman–Crippen LogP) is 1.88. The van der Waals surface area contributed by atoms with Gasteiger partial charge in [-0.25, -0.2) is 9.97 Å². The molecular weight excluding hydrogens is 332 g/mol. The minimum Gasteiger partial charge on any atom is -0.463 e. The first-order valence-electron chi connectivity index (χ1n) is 8.90. The predicted molar refractivity (Wildman–Crippen MR) is 93.8 cm³/mol. The number of fused-ring (bicyclic) bond motifs is 1. The van der Waals surface area contributed by atoms with E-state index in [1.165, 1.54) is 0 Å². The van der Waals surface area contributed by atoms with E-state index >= 15 is 0 Å². The van der Waals surface area contributed by atoms with Gasteiger partial charge in [0, 0.05) is 44.0 Å². The minimum atomic E-state index is -0.219. The second-order valence-corrected chi connectivity index (χ2v) is 7.00. The SMILES string of the molecule is Cc1ccnc(OC[C@@]23CCO[C@@H]2CCN(C(=O)c2cccnc2)C3)n1. The third-order valence-electron chi connectivity index (χ3n) is 5.23. The number of carbonyl (C=O) groups is 1. The Morgan fingerprint density at radius 3 is 3.15 bits per heavy atom. The van der Waals surface area contributed by atoms with Crippen molar-refractivity contribution < 1.29 is 14.3 Å². The first-order valence-corrected chi connectivity index (χ1v) is 8.90. The second kappa shape index (κ2) is 6.99. The third-order valence-corrected chi connectivity index (χ3v) is 5.23. The van der Waals surface area contributed by atoms with Crippen LogP contribution in [0.1, 0.15) is 28.9 Å². The van der Waals surface area contributed by atoms with Crippen molar-refractivity contribution in [1.29, 1.82) is 0 Å². The van der Waals surface area contributed by atoms with Crippen LogP contribution in [0.25, 0.3) is 0 Å². The quantitative estimate of drug-likeness (QED) is 0.834. The number of rotatable bonds is 4. The van der Waals surface area contributed by atoms with Gasteiger partial charge in [0.05, 0.1) is 17.1 Å². The lowest BCUT2D eigenvalue weighted by Crippen LogP contribution is -2.54. The molecule has 2 fully saturated rings. The highest BCUT2D eigenvalue weighted by molar-refractivity contribution is 5.94. The largest absolute Gasteiger partial charge is 0.463 e. The van der Waals surface area contributed by atoms with Crippen LogP contribution in [0.4, 0.5) is 0 Å². The van der Waals surface area contributed by atoms with Crippen LogP contribution in [0.15, 0.2) is 36.8 Å². The highest BCUT2D eigenvalue weighted by Crippen LogP contribution is 2.41. The minimum absolute atomic E-state index is 0.00892. The van der Waals surface area contributed by atoms with Crippen LogP contribution in [-0.4, -0.2) is 58.2 Å². The van der Waals surface area contributed by atoms with Gasteiger partial charge in [-0.3, -0.25) is 9.78 Å². The zero-order chi connectivity index (χ0) is 18.0. The third kappa shape index (κ3) is 3.26. The van der Waals surface area contributed by atoms with Crippen LogP contribution in [0.3, 0.4) is 0 Å². The topological polar surface area (TPSA) is 77.4 Å². The number of piperidine rings is 1. The van der Waals surface area contributed by atoms with E-state index in [0.717, 1.165) is 18.5 Å². The van der Waals surface area contributed by atoms with E-state index in [9.17, 15) is 4.79 Å². The van der Waals surface area contributed by atoms with E-state index in [1.54, 1.807) is 30.7 Å². The van der Waals surface area contributed by atoms with Gasteiger partial charge in [-0.2, -0.15) is 0 Å². The number of likely N-dealkylation sites (tertiary alicyclic amines) is 1. The number of aryl methyl sites for hydroxylation is 1. The number of pyridine rings is 1. The Morgan fingerprint density at radius 1 is 1.42 bits per heavy atom. The highest BCUT2D eigenvalue weighted by Gasteiger charge is 2.49. The molecule has 0 aliphatic carbocycles. The molecule has 2 aromatic heterocycles. The molecule has 0 aromatic carbocycles. The van der Waals surface area contributed by atoms with E-state index in [2.05, 4.69) is 15.0 Å². The molecule has 7 nitrogen and oxygen atoms in total. The molecule has 2 aliphatic rings. The molecule has 2 aliphatic heterocycles. The van der Waals surface area contributed by atoms with Gasteiger partial charge in [-0.15, -0.1) is 0 Å². The Kier molecular flexibility index (Phi) is 4.55. The molecule has 0 spiro atoms. The number of ether oxygens (including phenoxy) is 2. The summed E-state index contributed by atoms with van der Waals surface area (Å²) in [6.07, 6.45) is 6.75. The summed E-state index contributed by atoms with van der Waals surface area (Å²) in [5.41, 5.74) is 1.26. The van der Waals surface area contributed by atoms with Crippen LogP contribution in [0.5, 0.6) is 6.01 Å². The van der Waals surface area contributed by atoms with Crippen molar-refractivity contribution in [1.82, 2.24) is 19.9 Å².